The topological polar surface area (TPSA) is 43.1 Å². The van der Waals surface area contributed by atoms with E-state index in [1.54, 1.807) is 0 Å². The lowest BCUT2D eigenvalue weighted by atomic mass is 9.84. The number of unbranched alkanes of at least 4 members (excludes halogenated alkanes) is 1. The summed E-state index contributed by atoms with van der Waals surface area (Å²) in [5.41, 5.74) is -0.150. The largest absolute Gasteiger partial charge is 0.265 e. The molecule has 0 amide bonds. The molecule has 1 atom stereocenters. The van der Waals surface area contributed by atoms with Gasteiger partial charge >= 0.3 is 0 Å². The summed E-state index contributed by atoms with van der Waals surface area (Å²) in [7, 11) is 0. The van der Waals surface area contributed by atoms with Crippen LogP contribution < -0.4 is 0 Å². The second kappa shape index (κ2) is 7.67. The molecule has 3 heteroatoms. The quantitative estimate of drug-likeness (QED) is 0.339. The summed E-state index contributed by atoms with van der Waals surface area (Å²) in [4.78, 5) is 10.3. The molecule has 1 unspecified atom stereocenters. The van der Waals surface area contributed by atoms with E-state index in [1.165, 1.54) is 19.3 Å². The molecule has 0 aromatic rings. The average molecular weight is 243 g/mol. The highest BCUT2D eigenvalue weighted by atomic mass is 16.6. The first kappa shape index (κ1) is 16.4. The van der Waals surface area contributed by atoms with Gasteiger partial charge in [-0.2, -0.15) is 0 Å². The number of nitrogens with zero attached hydrogens (tertiary/aromatic N) is 1. The maximum atomic E-state index is 10.5. The molecule has 0 aromatic heterocycles. The lowest BCUT2D eigenvalue weighted by molar-refractivity contribution is -0.495. The first-order valence-corrected chi connectivity index (χ1v) is 6.90. The van der Waals surface area contributed by atoms with Crippen LogP contribution in [0.25, 0.3) is 0 Å². The van der Waals surface area contributed by atoms with Crippen LogP contribution in [0.1, 0.15) is 66.7 Å². The van der Waals surface area contributed by atoms with Crippen molar-refractivity contribution in [3.05, 3.63) is 10.1 Å². The fourth-order valence-corrected chi connectivity index (χ4v) is 2.45. The van der Waals surface area contributed by atoms with Crippen LogP contribution >= 0.6 is 0 Å². The summed E-state index contributed by atoms with van der Waals surface area (Å²) in [5, 5.41) is 10.5. The number of nitro groups is 1. The van der Waals surface area contributed by atoms with Gasteiger partial charge in [0, 0.05) is 10.3 Å². The van der Waals surface area contributed by atoms with Crippen molar-refractivity contribution < 1.29 is 4.92 Å². The Kier molecular flexibility index (Phi) is 7.40. The summed E-state index contributed by atoms with van der Waals surface area (Å²) in [5.74, 6) is 1.57. The van der Waals surface area contributed by atoms with Gasteiger partial charge in [0.2, 0.25) is 6.54 Å². The Morgan fingerprint density at radius 3 is 2.24 bits per heavy atom. The number of rotatable bonds is 9. The maximum Gasteiger partial charge on any atom is 0.208 e. The summed E-state index contributed by atoms with van der Waals surface area (Å²) in [6.45, 7) is 10.9. The molecule has 0 aliphatic heterocycles. The second-order valence-corrected chi connectivity index (χ2v) is 6.31. The molecule has 0 spiro atoms. The molecular weight excluding hydrogens is 214 g/mol. The van der Waals surface area contributed by atoms with E-state index in [0.29, 0.717) is 0 Å². The predicted octanol–water partition coefficient (Wildman–Crippen LogP) is 4.53. The van der Waals surface area contributed by atoms with Crippen molar-refractivity contribution in [2.45, 2.75) is 66.7 Å². The molecule has 0 N–H and O–H groups in total. The monoisotopic (exact) mass is 243 g/mol. The van der Waals surface area contributed by atoms with Crippen LogP contribution in [-0.4, -0.2) is 11.5 Å². The first-order valence-electron chi connectivity index (χ1n) is 6.90. The van der Waals surface area contributed by atoms with Crippen LogP contribution in [0.2, 0.25) is 0 Å². The normalized spacial score (nSPS) is 14.0. The van der Waals surface area contributed by atoms with Crippen molar-refractivity contribution in [3.63, 3.8) is 0 Å². The zero-order valence-electron chi connectivity index (χ0n) is 12.2. The highest BCUT2D eigenvalue weighted by molar-refractivity contribution is 4.68. The second-order valence-electron chi connectivity index (χ2n) is 6.31. The Hall–Kier alpha value is -0.600. The van der Waals surface area contributed by atoms with Crippen LogP contribution in [0.15, 0.2) is 0 Å². The summed E-state index contributed by atoms with van der Waals surface area (Å²) < 4.78 is 0. The van der Waals surface area contributed by atoms with E-state index >= 15 is 0 Å². The Labute approximate surface area is 106 Å². The molecule has 0 fully saturated rings. The van der Waals surface area contributed by atoms with Crippen molar-refractivity contribution in [1.29, 1.82) is 0 Å². The van der Waals surface area contributed by atoms with E-state index in [2.05, 4.69) is 20.8 Å². The molecule has 0 bridgehead atoms. The minimum Gasteiger partial charge on any atom is -0.265 e. The highest BCUT2D eigenvalue weighted by Crippen LogP contribution is 2.26. The predicted molar refractivity (Wildman–Crippen MR) is 72.7 cm³/mol. The van der Waals surface area contributed by atoms with Gasteiger partial charge < -0.3 is 0 Å². The third-order valence-corrected chi connectivity index (χ3v) is 3.70. The van der Waals surface area contributed by atoms with Gasteiger partial charge in [0.05, 0.1) is 0 Å². The highest BCUT2D eigenvalue weighted by Gasteiger charge is 2.24. The molecular formula is C14H29NO2. The van der Waals surface area contributed by atoms with Gasteiger partial charge in [-0.3, -0.25) is 10.1 Å². The fraction of sp³-hybridized carbons (Fsp3) is 1.00. The van der Waals surface area contributed by atoms with E-state index in [0.717, 1.165) is 24.7 Å². The van der Waals surface area contributed by atoms with Gasteiger partial charge in [-0.15, -0.1) is 0 Å². The molecule has 3 nitrogen and oxygen atoms in total. The van der Waals surface area contributed by atoms with Crippen molar-refractivity contribution in [2.24, 2.45) is 17.3 Å². The fourth-order valence-electron chi connectivity index (χ4n) is 2.45. The van der Waals surface area contributed by atoms with E-state index < -0.39 is 0 Å². The van der Waals surface area contributed by atoms with Crippen LogP contribution in [-0.2, 0) is 0 Å². The van der Waals surface area contributed by atoms with Crippen molar-refractivity contribution in [2.75, 3.05) is 6.54 Å². The molecule has 0 aliphatic rings. The van der Waals surface area contributed by atoms with Gasteiger partial charge in [-0.05, 0) is 18.3 Å². The van der Waals surface area contributed by atoms with Gasteiger partial charge in [0.15, 0.2) is 0 Å². The molecule has 0 rings (SSSR count). The number of hydrogen-bond donors (Lipinski definition) is 0. The van der Waals surface area contributed by atoms with E-state index in [-0.39, 0.29) is 16.9 Å². The smallest absolute Gasteiger partial charge is 0.208 e. The van der Waals surface area contributed by atoms with E-state index in [9.17, 15) is 10.1 Å². The zero-order valence-corrected chi connectivity index (χ0v) is 12.2. The van der Waals surface area contributed by atoms with Crippen LogP contribution in [0.4, 0.5) is 0 Å². The molecule has 102 valence electrons. The lowest BCUT2D eigenvalue weighted by Crippen LogP contribution is -2.23. The van der Waals surface area contributed by atoms with Crippen molar-refractivity contribution >= 4 is 0 Å². The Morgan fingerprint density at radius 2 is 1.82 bits per heavy atom. The Bertz CT molecular complexity index is 224. The van der Waals surface area contributed by atoms with E-state index in [1.807, 2.05) is 13.8 Å². The lowest BCUT2D eigenvalue weighted by Gasteiger charge is -2.21. The summed E-state index contributed by atoms with van der Waals surface area (Å²) in [6.07, 6.45) is 5.79. The summed E-state index contributed by atoms with van der Waals surface area (Å²) in [6, 6.07) is 0. The average Bonchev–Trinajstić information content (AvgIpc) is 2.14. The minimum atomic E-state index is -0.192. The van der Waals surface area contributed by atoms with Crippen LogP contribution in [0.3, 0.4) is 0 Å². The Morgan fingerprint density at radius 1 is 1.24 bits per heavy atom. The SMILES string of the molecule is CCC(CCCCC(C)(C)C[N+](=O)[O-])C(C)C. The Balaban J connectivity index is 3.80. The minimum absolute atomic E-state index is 0.0917. The first-order chi connectivity index (χ1) is 7.78. The van der Waals surface area contributed by atoms with Gasteiger partial charge in [-0.25, -0.2) is 0 Å². The molecule has 0 radical (unpaired) electrons. The molecule has 0 saturated carbocycles. The molecule has 17 heavy (non-hydrogen) atoms. The van der Waals surface area contributed by atoms with E-state index in [4.69, 9.17) is 0 Å². The van der Waals surface area contributed by atoms with Gasteiger partial charge in [-0.1, -0.05) is 60.3 Å². The van der Waals surface area contributed by atoms with Gasteiger partial charge in [0.25, 0.3) is 0 Å². The molecule has 0 saturated heterocycles. The van der Waals surface area contributed by atoms with Crippen LogP contribution in [0.5, 0.6) is 0 Å². The van der Waals surface area contributed by atoms with Crippen molar-refractivity contribution in [3.8, 4) is 0 Å². The summed E-state index contributed by atoms with van der Waals surface area (Å²) >= 11 is 0. The third kappa shape index (κ3) is 8.17. The standard InChI is InChI=1S/C14H29NO2/c1-6-13(12(2)3)9-7-8-10-14(4,5)11-15(16)17/h12-13H,6-11H2,1-5H3. The third-order valence-electron chi connectivity index (χ3n) is 3.70. The molecule has 0 heterocycles. The maximum absolute atomic E-state index is 10.5. The van der Waals surface area contributed by atoms with Gasteiger partial charge in [0.1, 0.15) is 0 Å². The molecule has 0 aliphatic carbocycles. The van der Waals surface area contributed by atoms with Crippen LogP contribution in [0, 0.1) is 27.4 Å². The zero-order chi connectivity index (χ0) is 13.5. The van der Waals surface area contributed by atoms with Crippen molar-refractivity contribution in [1.82, 2.24) is 0 Å². The number of hydrogen-bond acceptors (Lipinski definition) is 2. The molecule has 0 aromatic carbocycles.